The maximum Gasteiger partial charge on any atom is 0.0860 e. The zero-order valence-electron chi connectivity index (χ0n) is 9.58. The fraction of sp³-hybridized carbons (Fsp3) is 0.500. The van der Waals surface area contributed by atoms with E-state index in [0.29, 0.717) is 10.0 Å². The topological polar surface area (TPSA) is 21.3 Å². The van der Waals surface area contributed by atoms with E-state index >= 15 is 0 Å². The highest BCUT2D eigenvalue weighted by Gasteiger charge is 2.27. The van der Waals surface area contributed by atoms with Crippen LogP contribution in [0.3, 0.4) is 0 Å². The molecule has 0 radical (unpaired) electrons. The molecule has 94 valence electrons. The Morgan fingerprint density at radius 1 is 1.47 bits per heavy atom. The lowest BCUT2D eigenvalue weighted by Gasteiger charge is -2.30. The van der Waals surface area contributed by atoms with Crippen LogP contribution in [0.4, 0.5) is 0 Å². The van der Waals surface area contributed by atoms with E-state index in [9.17, 15) is 0 Å². The fourth-order valence-electron chi connectivity index (χ4n) is 2.00. The number of ether oxygens (including phenoxy) is 1. The zero-order valence-corrected chi connectivity index (χ0v) is 11.9. The summed E-state index contributed by atoms with van der Waals surface area (Å²) >= 11 is 14.2. The average Bonchev–Trinajstić information content (AvgIpc) is 2.37. The number of rotatable bonds is 3. The summed E-state index contributed by atoms with van der Waals surface area (Å²) in [4.78, 5) is 0. The van der Waals surface area contributed by atoms with Gasteiger partial charge in [-0.15, -0.1) is 0 Å². The maximum absolute atomic E-state index is 6.25. The molecular weight excluding hydrogens is 277 g/mol. The summed E-state index contributed by atoms with van der Waals surface area (Å²) in [6, 6.07) is 5.81. The summed E-state index contributed by atoms with van der Waals surface area (Å²) in [5.41, 5.74) is 1.01. The normalized spacial score (nSPS) is 22.4. The number of hydrogen-bond donors (Lipinski definition) is 1. The highest BCUT2D eigenvalue weighted by atomic mass is 35.5. The van der Waals surface area contributed by atoms with E-state index in [-0.39, 0.29) is 12.1 Å². The largest absolute Gasteiger partial charge is 0.375 e. The van der Waals surface area contributed by atoms with E-state index in [2.05, 4.69) is 5.32 Å². The van der Waals surface area contributed by atoms with Gasteiger partial charge in [-0.3, -0.25) is 0 Å². The van der Waals surface area contributed by atoms with Gasteiger partial charge in [0.05, 0.1) is 28.8 Å². The van der Waals surface area contributed by atoms with Crippen molar-refractivity contribution in [3.05, 3.63) is 33.8 Å². The molecule has 0 bridgehead atoms. The van der Waals surface area contributed by atoms with Crippen LogP contribution in [0.5, 0.6) is 0 Å². The van der Waals surface area contributed by atoms with Gasteiger partial charge in [0.2, 0.25) is 0 Å². The summed E-state index contributed by atoms with van der Waals surface area (Å²) in [6.07, 6.45) is 0.148. The van der Waals surface area contributed by atoms with Gasteiger partial charge in [0.1, 0.15) is 0 Å². The lowest BCUT2D eigenvalue weighted by atomic mass is 10.0. The first kappa shape index (κ1) is 13.5. The molecule has 1 aliphatic heterocycles. The van der Waals surface area contributed by atoms with Crippen LogP contribution in [0.2, 0.25) is 10.0 Å². The van der Waals surface area contributed by atoms with Gasteiger partial charge in [-0.2, -0.15) is 11.8 Å². The molecule has 17 heavy (non-hydrogen) atoms. The van der Waals surface area contributed by atoms with Crippen LogP contribution >= 0.6 is 35.0 Å². The Balaban J connectivity index is 2.24. The summed E-state index contributed by atoms with van der Waals surface area (Å²) in [5.74, 6) is 2.05. The molecule has 2 rings (SSSR count). The van der Waals surface area contributed by atoms with E-state index in [1.54, 1.807) is 6.07 Å². The monoisotopic (exact) mass is 291 g/mol. The Hall–Kier alpha value is 0.0700. The van der Waals surface area contributed by atoms with Crippen molar-refractivity contribution >= 4 is 35.0 Å². The summed E-state index contributed by atoms with van der Waals surface area (Å²) in [6.45, 7) is 0.797. The van der Waals surface area contributed by atoms with E-state index in [1.165, 1.54) is 0 Å². The summed E-state index contributed by atoms with van der Waals surface area (Å²) < 4.78 is 5.80. The zero-order chi connectivity index (χ0) is 12.3. The SMILES string of the molecule is CNC(c1cccc(Cl)c1Cl)C1CSCCO1. The number of nitrogens with one attached hydrogen (secondary N) is 1. The number of benzene rings is 1. The summed E-state index contributed by atoms with van der Waals surface area (Å²) in [7, 11) is 1.92. The molecule has 0 saturated carbocycles. The van der Waals surface area contributed by atoms with Crippen LogP contribution < -0.4 is 5.32 Å². The van der Waals surface area contributed by atoms with Crippen LogP contribution in [0.15, 0.2) is 18.2 Å². The van der Waals surface area contributed by atoms with Crippen LogP contribution in [0.25, 0.3) is 0 Å². The third-order valence-corrected chi connectivity index (χ3v) is 4.69. The fourth-order valence-corrected chi connectivity index (χ4v) is 3.33. The lowest BCUT2D eigenvalue weighted by molar-refractivity contribution is 0.0489. The predicted octanol–water partition coefficient (Wildman–Crippen LogP) is 3.39. The molecule has 5 heteroatoms. The van der Waals surface area contributed by atoms with Crippen LogP contribution in [0.1, 0.15) is 11.6 Å². The van der Waals surface area contributed by atoms with E-state index in [4.69, 9.17) is 27.9 Å². The molecule has 2 nitrogen and oxygen atoms in total. The van der Waals surface area contributed by atoms with E-state index in [0.717, 1.165) is 23.7 Å². The van der Waals surface area contributed by atoms with Gasteiger partial charge in [-0.25, -0.2) is 0 Å². The Labute approximate surface area is 116 Å². The third-order valence-electron chi connectivity index (χ3n) is 2.84. The molecule has 0 amide bonds. The van der Waals surface area contributed by atoms with E-state index in [1.807, 2.05) is 30.9 Å². The Kier molecular flexibility index (Phi) is 5.00. The molecule has 1 N–H and O–H groups in total. The van der Waals surface area contributed by atoms with Crippen molar-refractivity contribution in [2.24, 2.45) is 0 Å². The first-order valence-corrected chi connectivity index (χ1v) is 7.45. The number of likely N-dealkylation sites (N-methyl/N-ethyl adjacent to an activating group) is 1. The number of hydrogen-bond acceptors (Lipinski definition) is 3. The van der Waals surface area contributed by atoms with Gasteiger partial charge < -0.3 is 10.1 Å². The molecular formula is C12H15Cl2NOS. The highest BCUT2D eigenvalue weighted by Crippen LogP contribution is 2.33. The minimum Gasteiger partial charge on any atom is -0.375 e. The number of halogens is 2. The summed E-state index contributed by atoms with van der Waals surface area (Å²) in [5, 5.41) is 4.48. The molecule has 1 aromatic rings. The second kappa shape index (κ2) is 6.30. The first-order chi connectivity index (χ1) is 8.24. The van der Waals surface area contributed by atoms with Gasteiger partial charge in [-0.05, 0) is 18.7 Å². The van der Waals surface area contributed by atoms with Crippen molar-refractivity contribution in [1.82, 2.24) is 5.32 Å². The van der Waals surface area contributed by atoms with Gasteiger partial charge in [0, 0.05) is 11.5 Å². The van der Waals surface area contributed by atoms with Gasteiger partial charge in [0.15, 0.2) is 0 Å². The number of thioether (sulfide) groups is 1. The molecule has 2 unspecified atom stereocenters. The van der Waals surface area contributed by atoms with Gasteiger partial charge >= 0.3 is 0 Å². The minimum atomic E-state index is 0.0917. The highest BCUT2D eigenvalue weighted by molar-refractivity contribution is 7.99. The standard InChI is InChI=1S/C12H15Cl2NOS/c1-15-12(10-7-17-6-5-16-10)8-3-2-4-9(13)11(8)14/h2-4,10,12,15H,5-7H2,1H3. The van der Waals surface area contributed by atoms with Crippen molar-refractivity contribution in [3.63, 3.8) is 0 Å². The van der Waals surface area contributed by atoms with E-state index < -0.39 is 0 Å². The van der Waals surface area contributed by atoms with Crippen molar-refractivity contribution in [3.8, 4) is 0 Å². The van der Waals surface area contributed by atoms with Gasteiger partial charge in [-0.1, -0.05) is 35.3 Å². The molecule has 0 spiro atoms. The van der Waals surface area contributed by atoms with Crippen molar-refractivity contribution < 1.29 is 4.74 Å². The van der Waals surface area contributed by atoms with Crippen LogP contribution in [-0.2, 0) is 4.74 Å². The molecule has 1 saturated heterocycles. The molecule has 2 atom stereocenters. The molecule has 1 fully saturated rings. The van der Waals surface area contributed by atoms with Crippen LogP contribution in [-0.4, -0.2) is 31.3 Å². The van der Waals surface area contributed by atoms with Crippen molar-refractivity contribution in [1.29, 1.82) is 0 Å². The third kappa shape index (κ3) is 3.09. The molecule has 0 aromatic heterocycles. The maximum atomic E-state index is 6.25. The quantitative estimate of drug-likeness (QED) is 0.922. The second-order valence-electron chi connectivity index (χ2n) is 3.89. The Morgan fingerprint density at radius 2 is 2.29 bits per heavy atom. The smallest absolute Gasteiger partial charge is 0.0860 e. The Bertz CT molecular complexity index is 383. The average molecular weight is 292 g/mol. The minimum absolute atomic E-state index is 0.0917. The van der Waals surface area contributed by atoms with Crippen LogP contribution in [0, 0.1) is 0 Å². The second-order valence-corrected chi connectivity index (χ2v) is 5.83. The first-order valence-electron chi connectivity index (χ1n) is 5.54. The molecule has 0 aliphatic carbocycles. The van der Waals surface area contributed by atoms with Crippen molar-refractivity contribution in [2.75, 3.05) is 25.2 Å². The molecule has 1 aromatic carbocycles. The van der Waals surface area contributed by atoms with Crippen molar-refractivity contribution in [2.45, 2.75) is 12.1 Å². The lowest BCUT2D eigenvalue weighted by Crippen LogP contribution is -2.36. The molecule has 1 aliphatic rings. The Morgan fingerprint density at radius 3 is 2.94 bits per heavy atom. The van der Waals surface area contributed by atoms with Gasteiger partial charge in [0.25, 0.3) is 0 Å². The molecule has 1 heterocycles. The predicted molar refractivity (Wildman–Crippen MR) is 75.3 cm³/mol.